The number of rotatable bonds is 4. The zero-order valence-electron chi connectivity index (χ0n) is 11.3. The molecule has 2 heterocycles. The number of hydrogen-bond acceptors (Lipinski definition) is 4. The Morgan fingerprint density at radius 1 is 1.33 bits per heavy atom. The van der Waals surface area contributed by atoms with Crippen LogP contribution < -0.4 is 10.3 Å². The number of alkyl halides is 1. The number of halogens is 1. The second-order valence-corrected chi connectivity index (χ2v) is 4.80. The molecule has 21 heavy (non-hydrogen) atoms. The van der Waals surface area contributed by atoms with Crippen LogP contribution >= 0.6 is 11.6 Å². The molecular weight excluding hydrogens is 292 g/mol. The van der Waals surface area contributed by atoms with Gasteiger partial charge >= 0.3 is 0 Å². The van der Waals surface area contributed by atoms with E-state index in [1.54, 1.807) is 18.0 Å². The lowest BCUT2D eigenvalue weighted by Gasteiger charge is -2.05. The maximum Gasteiger partial charge on any atom is 0.277 e. The van der Waals surface area contributed by atoms with Crippen molar-refractivity contribution in [3.8, 4) is 5.75 Å². The van der Waals surface area contributed by atoms with Gasteiger partial charge in [-0.1, -0.05) is 12.1 Å². The minimum atomic E-state index is -0.235. The number of benzene rings is 1. The highest BCUT2D eigenvalue weighted by Crippen LogP contribution is 2.14. The van der Waals surface area contributed by atoms with Crippen LogP contribution in [0.25, 0.3) is 11.0 Å². The molecule has 0 radical (unpaired) electrons. The molecule has 0 spiro atoms. The molecule has 3 rings (SSSR count). The van der Waals surface area contributed by atoms with Crippen LogP contribution in [0.5, 0.6) is 5.75 Å². The van der Waals surface area contributed by atoms with Crippen molar-refractivity contribution in [2.75, 3.05) is 7.11 Å². The molecule has 0 unspecified atom stereocenters. The highest BCUT2D eigenvalue weighted by atomic mass is 35.5. The van der Waals surface area contributed by atoms with E-state index in [4.69, 9.17) is 16.3 Å². The molecule has 0 fully saturated rings. The number of aromatic nitrogens is 4. The van der Waals surface area contributed by atoms with Crippen molar-refractivity contribution >= 4 is 22.6 Å². The minimum Gasteiger partial charge on any atom is -0.497 e. The molecule has 0 amide bonds. The standard InChI is InChI=1S/C14H13ClN4O2/c1-21-10-4-2-9(3-5-10)8-19-13-11(7-16-19)17-12(6-15)18-14(13)20/h2-5,7H,6,8H2,1H3,(H,17,18,20). The summed E-state index contributed by atoms with van der Waals surface area (Å²) in [6, 6.07) is 7.60. The Morgan fingerprint density at radius 2 is 2.10 bits per heavy atom. The van der Waals surface area contributed by atoms with Crippen LogP contribution in [0.2, 0.25) is 0 Å². The van der Waals surface area contributed by atoms with E-state index in [1.165, 1.54) is 0 Å². The van der Waals surface area contributed by atoms with Crippen molar-refractivity contribution in [2.24, 2.45) is 0 Å². The number of aromatic amines is 1. The molecule has 108 valence electrons. The highest BCUT2D eigenvalue weighted by molar-refractivity contribution is 6.16. The Morgan fingerprint density at radius 3 is 2.76 bits per heavy atom. The van der Waals surface area contributed by atoms with Gasteiger partial charge in [-0.05, 0) is 17.7 Å². The Bertz CT molecular complexity index is 823. The summed E-state index contributed by atoms with van der Waals surface area (Å²) in [5, 5.41) is 4.23. The van der Waals surface area contributed by atoms with E-state index in [0.717, 1.165) is 11.3 Å². The van der Waals surface area contributed by atoms with Crippen LogP contribution in [0.1, 0.15) is 11.4 Å². The van der Waals surface area contributed by atoms with Crippen molar-refractivity contribution in [1.82, 2.24) is 19.7 Å². The Balaban J connectivity index is 1.99. The lowest BCUT2D eigenvalue weighted by molar-refractivity contribution is 0.414. The van der Waals surface area contributed by atoms with Gasteiger partial charge in [0.2, 0.25) is 0 Å². The predicted molar refractivity (Wildman–Crippen MR) is 79.8 cm³/mol. The van der Waals surface area contributed by atoms with Crippen molar-refractivity contribution in [3.05, 3.63) is 52.2 Å². The molecule has 6 nitrogen and oxygen atoms in total. The summed E-state index contributed by atoms with van der Waals surface area (Å²) in [7, 11) is 1.62. The predicted octanol–water partition coefficient (Wildman–Crippen LogP) is 1.92. The number of fused-ring (bicyclic) bond motifs is 1. The van der Waals surface area contributed by atoms with Crippen LogP contribution in [0.15, 0.2) is 35.3 Å². The van der Waals surface area contributed by atoms with Gasteiger partial charge < -0.3 is 9.72 Å². The van der Waals surface area contributed by atoms with Gasteiger partial charge in [-0.2, -0.15) is 5.10 Å². The zero-order valence-corrected chi connectivity index (χ0v) is 12.1. The van der Waals surface area contributed by atoms with Crippen molar-refractivity contribution in [1.29, 1.82) is 0 Å². The second kappa shape index (κ2) is 5.57. The zero-order chi connectivity index (χ0) is 14.8. The first-order chi connectivity index (χ1) is 10.2. The van der Waals surface area contributed by atoms with Crippen molar-refractivity contribution in [3.63, 3.8) is 0 Å². The van der Waals surface area contributed by atoms with Crippen molar-refractivity contribution < 1.29 is 4.74 Å². The van der Waals surface area contributed by atoms with Crippen LogP contribution in [0.4, 0.5) is 0 Å². The summed E-state index contributed by atoms with van der Waals surface area (Å²) in [4.78, 5) is 19.0. The van der Waals surface area contributed by atoms with E-state index < -0.39 is 0 Å². The molecule has 1 N–H and O–H groups in total. The molecule has 0 aliphatic heterocycles. The first-order valence-corrected chi connectivity index (χ1v) is 6.88. The van der Waals surface area contributed by atoms with Gasteiger partial charge in [-0.3, -0.25) is 9.48 Å². The summed E-state index contributed by atoms with van der Waals surface area (Å²) in [5.41, 5.74) is 1.77. The summed E-state index contributed by atoms with van der Waals surface area (Å²) in [6.07, 6.45) is 1.57. The van der Waals surface area contributed by atoms with Crippen LogP contribution in [-0.2, 0) is 12.4 Å². The van der Waals surface area contributed by atoms with E-state index in [2.05, 4.69) is 15.1 Å². The fourth-order valence-electron chi connectivity index (χ4n) is 2.14. The number of ether oxygens (including phenoxy) is 1. The molecule has 0 aliphatic rings. The molecule has 0 bridgehead atoms. The van der Waals surface area contributed by atoms with Gasteiger partial charge in [0.1, 0.15) is 17.1 Å². The normalized spacial score (nSPS) is 11.0. The molecule has 0 saturated carbocycles. The molecule has 1 aromatic carbocycles. The number of nitrogens with zero attached hydrogens (tertiary/aromatic N) is 3. The van der Waals surface area contributed by atoms with Gasteiger partial charge in [0.15, 0.2) is 5.52 Å². The quantitative estimate of drug-likeness (QED) is 0.747. The first kappa shape index (κ1) is 13.6. The Labute approximate surface area is 125 Å². The smallest absolute Gasteiger partial charge is 0.277 e. The SMILES string of the molecule is COc1ccc(Cn2ncc3nc(CCl)[nH]c(=O)c32)cc1. The third kappa shape index (κ3) is 2.62. The summed E-state index contributed by atoms with van der Waals surface area (Å²) in [6.45, 7) is 0.485. The molecule has 0 atom stereocenters. The monoisotopic (exact) mass is 304 g/mol. The molecule has 0 aliphatic carbocycles. The second-order valence-electron chi connectivity index (χ2n) is 4.53. The van der Waals surface area contributed by atoms with E-state index in [1.807, 2.05) is 24.3 Å². The van der Waals surface area contributed by atoms with Crippen molar-refractivity contribution in [2.45, 2.75) is 12.4 Å². The molecule has 3 aromatic rings. The van der Waals surface area contributed by atoms with E-state index in [-0.39, 0.29) is 11.4 Å². The van der Waals surface area contributed by atoms with E-state index >= 15 is 0 Å². The average molecular weight is 305 g/mol. The molecule has 2 aromatic heterocycles. The minimum absolute atomic E-state index is 0.162. The number of hydrogen-bond donors (Lipinski definition) is 1. The lowest BCUT2D eigenvalue weighted by Crippen LogP contribution is -2.15. The topological polar surface area (TPSA) is 72.8 Å². The fraction of sp³-hybridized carbons (Fsp3) is 0.214. The third-order valence-electron chi connectivity index (χ3n) is 3.17. The van der Waals surface area contributed by atoms with E-state index in [9.17, 15) is 4.79 Å². The summed E-state index contributed by atoms with van der Waals surface area (Å²) >= 11 is 5.69. The van der Waals surface area contributed by atoms with Gasteiger partial charge in [0.25, 0.3) is 5.56 Å². The third-order valence-corrected chi connectivity index (χ3v) is 3.42. The number of H-pyrrole nitrogens is 1. The van der Waals surface area contributed by atoms with Gasteiger partial charge in [-0.15, -0.1) is 11.6 Å². The molecule has 0 saturated heterocycles. The van der Waals surface area contributed by atoms with Gasteiger partial charge in [0, 0.05) is 0 Å². The molecular formula is C14H13ClN4O2. The Hall–Kier alpha value is -2.34. The van der Waals surface area contributed by atoms with Crippen LogP contribution in [-0.4, -0.2) is 26.9 Å². The largest absolute Gasteiger partial charge is 0.497 e. The highest BCUT2D eigenvalue weighted by Gasteiger charge is 2.10. The maximum absolute atomic E-state index is 12.1. The Kier molecular flexibility index (Phi) is 3.62. The van der Waals surface area contributed by atoms with Crippen LogP contribution in [0.3, 0.4) is 0 Å². The maximum atomic E-state index is 12.1. The molecule has 7 heteroatoms. The van der Waals surface area contributed by atoms with Crippen LogP contribution in [0, 0.1) is 0 Å². The van der Waals surface area contributed by atoms with E-state index in [0.29, 0.717) is 23.4 Å². The number of nitrogens with one attached hydrogen (secondary N) is 1. The number of methoxy groups -OCH3 is 1. The summed E-state index contributed by atoms with van der Waals surface area (Å²) in [5.74, 6) is 1.39. The first-order valence-electron chi connectivity index (χ1n) is 6.35. The van der Waals surface area contributed by atoms with Gasteiger partial charge in [-0.25, -0.2) is 4.98 Å². The lowest BCUT2D eigenvalue weighted by atomic mass is 10.2. The average Bonchev–Trinajstić information content (AvgIpc) is 2.91. The van der Waals surface area contributed by atoms with Gasteiger partial charge in [0.05, 0.1) is 25.7 Å². The fourth-order valence-corrected chi connectivity index (χ4v) is 2.27. The summed E-state index contributed by atoms with van der Waals surface area (Å²) < 4.78 is 6.75.